The van der Waals surface area contributed by atoms with Gasteiger partial charge in [-0.05, 0) is 118 Å². The van der Waals surface area contributed by atoms with Gasteiger partial charge < -0.3 is 39.6 Å². The van der Waals surface area contributed by atoms with Gasteiger partial charge in [0.05, 0.1) is 81.7 Å². The summed E-state index contributed by atoms with van der Waals surface area (Å²) in [6.45, 7) is 10.8. The van der Waals surface area contributed by atoms with Crippen molar-refractivity contribution >= 4 is 85.8 Å². The van der Waals surface area contributed by atoms with Crippen LogP contribution in [0.4, 0.5) is 21.0 Å². The predicted molar refractivity (Wildman–Crippen MR) is 245 cm³/mol. The maximum Gasteiger partial charge on any atom is 0.506 e. The van der Waals surface area contributed by atoms with E-state index in [2.05, 4.69) is 26.6 Å². The van der Waals surface area contributed by atoms with E-state index >= 15 is 0 Å². The molecule has 20 nitrogen and oxygen atoms in total. The molecule has 2 aromatic heterocycles. The largest absolute Gasteiger partial charge is 0.506 e. The molecule has 0 atom stereocenters. The molecule has 4 aromatic carbocycles. The molecule has 22 heteroatoms. The molecule has 0 spiro atoms. The Morgan fingerprint density at radius 1 is 0.682 bits per heavy atom. The van der Waals surface area contributed by atoms with E-state index in [1.165, 1.54) is 42.0 Å². The summed E-state index contributed by atoms with van der Waals surface area (Å²) in [6, 6.07) is 19.3. The second kappa shape index (κ2) is 18.7. The lowest BCUT2D eigenvalue weighted by Crippen LogP contribution is -2.40. The Labute approximate surface area is 384 Å². The number of hydrogen-bond acceptors (Lipinski definition) is 14. The maximum atomic E-state index is 13.1. The fraction of sp³-hybridized carbons (Fsp3) is 0.273. The van der Waals surface area contributed by atoms with Gasteiger partial charge >= 0.3 is 19.3 Å². The summed E-state index contributed by atoms with van der Waals surface area (Å²) in [5.74, 6) is 0.526. The third-order valence-corrected chi connectivity index (χ3v) is 10.6. The lowest BCUT2D eigenvalue weighted by molar-refractivity contribution is -0.385. The number of nitrogens with one attached hydrogen (secondary N) is 2. The first-order valence-electron chi connectivity index (χ1n) is 20.0. The van der Waals surface area contributed by atoms with E-state index in [0.717, 1.165) is 4.57 Å². The molecule has 344 valence electrons. The Morgan fingerprint density at radius 2 is 1.14 bits per heavy atom. The van der Waals surface area contributed by atoms with Gasteiger partial charge in [0.25, 0.3) is 23.2 Å². The highest BCUT2D eigenvalue weighted by atomic mass is 79.9. The molecule has 0 fully saturated rings. The van der Waals surface area contributed by atoms with E-state index in [0.29, 0.717) is 65.7 Å². The van der Waals surface area contributed by atoms with Crippen LogP contribution in [-0.4, -0.2) is 85.6 Å². The summed E-state index contributed by atoms with van der Waals surface area (Å²) >= 11 is 3.19. The minimum Gasteiger partial charge on any atom is -0.497 e. The summed E-state index contributed by atoms with van der Waals surface area (Å²) in [5, 5.41) is 47.6. The minimum absolute atomic E-state index is 0.0125. The normalized spacial score (nSPS) is 12.7. The van der Waals surface area contributed by atoms with Gasteiger partial charge in [0.15, 0.2) is 0 Å². The number of nitrogens with zero attached hydrogens (tertiary/aromatic N) is 4. The van der Waals surface area contributed by atoms with Crippen molar-refractivity contribution < 1.29 is 58.0 Å². The summed E-state index contributed by atoms with van der Waals surface area (Å²) in [6.07, 6.45) is -1.28. The zero-order chi connectivity index (χ0) is 48.6. The predicted octanol–water partition coefficient (Wildman–Crippen LogP) is 6.97. The van der Waals surface area contributed by atoms with Crippen LogP contribution in [0.25, 0.3) is 33.1 Å². The average molecular weight is 972 g/mol. The number of benzene rings is 4. The van der Waals surface area contributed by atoms with Crippen LogP contribution < -0.4 is 25.7 Å². The Morgan fingerprint density at radius 3 is 1.62 bits per heavy atom. The zero-order valence-electron chi connectivity index (χ0n) is 36.9. The van der Waals surface area contributed by atoms with Crippen LogP contribution in [0.15, 0.2) is 77.3 Å². The van der Waals surface area contributed by atoms with Crippen molar-refractivity contribution in [3.8, 4) is 22.8 Å². The van der Waals surface area contributed by atoms with Gasteiger partial charge in [-0.25, -0.2) is 14.2 Å². The number of halogens is 1. The molecule has 66 heavy (non-hydrogen) atoms. The van der Waals surface area contributed by atoms with Crippen molar-refractivity contribution in [2.24, 2.45) is 0 Å². The number of carbonyl (C=O) groups excluding carboxylic acids is 4. The molecular formula is C44H44BBrN6O14. The van der Waals surface area contributed by atoms with Crippen LogP contribution in [0, 0.1) is 20.2 Å². The van der Waals surface area contributed by atoms with Gasteiger partial charge in [0, 0.05) is 32.9 Å². The van der Waals surface area contributed by atoms with E-state index in [1.807, 2.05) is 0 Å². The fourth-order valence-corrected chi connectivity index (χ4v) is 7.80. The second-order valence-corrected chi connectivity index (χ2v) is 17.6. The number of carbonyl (C=O) groups is 4. The molecule has 0 unspecified atom stereocenters. The van der Waals surface area contributed by atoms with Gasteiger partial charge in [-0.15, -0.1) is 0 Å². The molecule has 0 saturated carbocycles. The number of nitro groups is 2. The number of nitro benzene ring substituents is 2. The number of fused-ring (bicyclic) bond motifs is 4. The number of amides is 2. The zero-order valence-corrected chi connectivity index (χ0v) is 38.5. The lowest BCUT2D eigenvalue weighted by atomic mass is 9.86. The summed E-state index contributed by atoms with van der Waals surface area (Å²) in [7, 11) is 1.30. The summed E-state index contributed by atoms with van der Waals surface area (Å²) in [5.41, 5.74) is 1.69. The average Bonchev–Trinajstić information content (AvgIpc) is 4.02. The molecule has 0 bridgehead atoms. The number of methoxy groups -OCH3 is 2. The third kappa shape index (κ3) is 9.99. The van der Waals surface area contributed by atoms with Crippen LogP contribution in [0.3, 0.4) is 0 Å². The molecule has 2 aliphatic heterocycles. The first-order chi connectivity index (χ1) is 30.9. The van der Waals surface area contributed by atoms with Crippen molar-refractivity contribution in [2.75, 3.05) is 14.2 Å². The van der Waals surface area contributed by atoms with Crippen LogP contribution in [0.1, 0.15) is 73.4 Å². The van der Waals surface area contributed by atoms with Gasteiger partial charge in [0.1, 0.15) is 22.7 Å². The van der Waals surface area contributed by atoms with Crippen LogP contribution in [0.5, 0.6) is 11.5 Å². The lowest BCUT2D eigenvalue weighted by Gasteiger charge is -2.21. The fourth-order valence-electron chi connectivity index (χ4n) is 7.24. The van der Waals surface area contributed by atoms with Crippen LogP contribution in [-0.2, 0) is 22.6 Å². The number of aromatic nitrogens is 2. The van der Waals surface area contributed by atoms with Crippen LogP contribution >= 0.6 is 15.9 Å². The Hall–Kier alpha value is -7.30. The summed E-state index contributed by atoms with van der Waals surface area (Å²) in [4.78, 5) is 70.4. The first-order valence-corrected chi connectivity index (χ1v) is 20.8. The van der Waals surface area contributed by atoms with Crippen molar-refractivity contribution in [3.63, 3.8) is 0 Å². The van der Waals surface area contributed by atoms with Crippen molar-refractivity contribution in [2.45, 2.75) is 65.8 Å². The molecular weight excluding hydrogens is 927 g/mol. The third-order valence-electron chi connectivity index (χ3n) is 9.96. The van der Waals surface area contributed by atoms with E-state index in [-0.39, 0.29) is 41.5 Å². The molecule has 4 N–H and O–H groups in total. The molecule has 0 saturated heterocycles. The van der Waals surface area contributed by atoms with Crippen molar-refractivity contribution in [3.05, 3.63) is 120 Å². The van der Waals surface area contributed by atoms with Crippen LogP contribution in [0.2, 0.25) is 0 Å². The molecule has 2 aliphatic rings. The molecule has 0 radical (unpaired) electrons. The van der Waals surface area contributed by atoms with E-state index in [9.17, 15) is 49.5 Å². The molecule has 4 heterocycles. The van der Waals surface area contributed by atoms with E-state index < -0.39 is 46.3 Å². The first kappa shape index (κ1) is 48.2. The highest BCUT2D eigenvalue weighted by molar-refractivity contribution is 9.10. The molecule has 8 rings (SSSR count). The quantitative estimate of drug-likeness (QED) is 0.0747. The monoisotopic (exact) mass is 970 g/mol. The highest BCUT2D eigenvalue weighted by Gasteiger charge is 2.34. The Balaban J connectivity index is 0.000000177. The molecule has 2 amide bonds. The number of ether oxygens (including phenoxy) is 4. The number of hydrogen-bond donors (Lipinski definition) is 4. The Kier molecular flexibility index (Phi) is 13.6. The van der Waals surface area contributed by atoms with Crippen molar-refractivity contribution in [1.29, 1.82) is 0 Å². The van der Waals surface area contributed by atoms with E-state index in [1.54, 1.807) is 91.1 Å². The van der Waals surface area contributed by atoms with E-state index in [4.69, 9.17) is 18.9 Å². The minimum atomic E-state index is -1.78. The SMILES string of the molecule is COc1ccc2c(c1)cc(-c1ccc([N+](=O)[O-])c3c1C(=O)NC3)n2C(=O)OC(C)(C)C.COc1ccc2c(c1)cc(B(O)O)n2C(=O)OC(C)(C)C.O=C1NCc2c([N+](=O)[O-])ccc(Br)c21. The molecule has 6 aromatic rings. The summed E-state index contributed by atoms with van der Waals surface area (Å²) < 4.78 is 24.4. The van der Waals surface area contributed by atoms with Crippen molar-refractivity contribution in [1.82, 2.24) is 19.8 Å². The smallest absolute Gasteiger partial charge is 0.497 e. The molecule has 0 aliphatic carbocycles. The van der Waals surface area contributed by atoms with Gasteiger partial charge in [0.2, 0.25) is 0 Å². The standard InChI is InChI=1S/C22H21N3O6.C14H18BNO5.C8H5BrN2O3/c1-22(2,3)31-21(27)24-16-7-5-13(30-4)9-12(16)10-18(24)14-6-8-17(25(28)29)15-11-23-20(26)19(14)15;1-14(2,3)21-13(17)16-11-6-5-10(20-4)7-9(11)8-12(16)15(18)19;9-5-1-2-6(11(13)14)4-3-10-8(12)7(4)5/h5-10H,11H2,1-4H3,(H,23,26);5-8,18-19H,1-4H3;1-2H,3H2,(H,10,12). The maximum absolute atomic E-state index is 13.1. The van der Waals surface area contributed by atoms with Gasteiger partial charge in [-0.1, -0.05) is 0 Å². The second-order valence-electron chi connectivity index (χ2n) is 16.7. The number of rotatable bonds is 6. The highest BCUT2D eigenvalue weighted by Crippen LogP contribution is 2.39. The van der Waals surface area contributed by atoms with Gasteiger partial charge in [-0.2, -0.15) is 0 Å². The topological polar surface area (TPSA) is 266 Å². The van der Waals surface area contributed by atoms with Gasteiger partial charge in [-0.3, -0.25) is 34.4 Å². The Bertz CT molecular complexity index is 2970.